The van der Waals surface area contributed by atoms with E-state index in [0.717, 1.165) is 12.2 Å². The summed E-state index contributed by atoms with van der Waals surface area (Å²) >= 11 is 1.40. The third kappa shape index (κ3) is 14.4. The fourth-order valence-corrected chi connectivity index (χ4v) is 1.67. The molecular weight excluding hydrogens is 220 g/mol. The van der Waals surface area contributed by atoms with Gasteiger partial charge in [0, 0.05) is 5.75 Å². The van der Waals surface area contributed by atoms with E-state index in [9.17, 15) is 4.79 Å². The number of hydrogen-bond donors (Lipinski definition) is 2. The molecule has 0 heterocycles. The van der Waals surface area contributed by atoms with E-state index in [1.54, 1.807) is 0 Å². The molecular formula is C9H21ClN2OS. The van der Waals surface area contributed by atoms with Gasteiger partial charge in [-0.25, -0.2) is 4.79 Å². The molecule has 0 atom stereocenters. The number of carbonyl (C=O) groups excluding carboxylic acids is 1. The lowest BCUT2D eigenvalue weighted by atomic mass is 10.1. The quantitative estimate of drug-likeness (QED) is 0.506. The van der Waals surface area contributed by atoms with Crippen molar-refractivity contribution in [1.82, 2.24) is 4.72 Å². The summed E-state index contributed by atoms with van der Waals surface area (Å²) in [6.07, 6.45) is 7.70. The fraction of sp³-hybridized carbons (Fsp3) is 0.889. The number of hydrogen-bond acceptors (Lipinski definition) is 2. The minimum Gasteiger partial charge on any atom is -0.351 e. The van der Waals surface area contributed by atoms with Crippen molar-refractivity contribution in [3.05, 3.63) is 0 Å². The average molecular weight is 241 g/mol. The zero-order chi connectivity index (χ0) is 9.94. The lowest BCUT2D eigenvalue weighted by Crippen LogP contribution is -2.23. The van der Waals surface area contributed by atoms with Crippen LogP contribution in [0.15, 0.2) is 0 Å². The van der Waals surface area contributed by atoms with Crippen LogP contribution >= 0.6 is 24.4 Å². The minimum atomic E-state index is -0.448. The highest BCUT2D eigenvalue weighted by molar-refractivity contribution is 7.97. The van der Waals surface area contributed by atoms with Gasteiger partial charge in [-0.05, 0) is 18.4 Å². The normalized spacial score (nSPS) is 9.21. The Morgan fingerprint density at radius 1 is 1.21 bits per heavy atom. The molecule has 3 nitrogen and oxygen atoms in total. The van der Waals surface area contributed by atoms with E-state index >= 15 is 0 Å². The highest BCUT2D eigenvalue weighted by atomic mass is 35.5. The number of primary amides is 1. The number of urea groups is 1. The Kier molecular flexibility index (Phi) is 15.1. The summed E-state index contributed by atoms with van der Waals surface area (Å²) in [5.41, 5.74) is 4.90. The van der Waals surface area contributed by atoms with Crippen LogP contribution in [0.3, 0.4) is 0 Å². The van der Waals surface area contributed by atoms with E-state index in [1.165, 1.54) is 44.1 Å². The van der Waals surface area contributed by atoms with Crippen molar-refractivity contribution in [3.8, 4) is 0 Å². The van der Waals surface area contributed by atoms with Crippen LogP contribution in [0.5, 0.6) is 0 Å². The summed E-state index contributed by atoms with van der Waals surface area (Å²) in [5, 5.41) is 0. The average Bonchev–Trinajstić information content (AvgIpc) is 2.09. The lowest BCUT2D eigenvalue weighted by molar-refractivity contribution is 0.254. The van der Waals surface area contributed by atoms with Crippen LogP contribution in [0.2, 0.25) is 0 Å². The van der Waals surface area contributed by atoms with E-state index in [-0.39, 0.29) is 12.4 Å². The molecule has 0 aromatic rings. The minimum absolute atomic E-state index is 0. The Hall–Kier alpha value is -0.0900. The SMILES string of the molecule is CCCCCCCCSNC(N)=O.Cl. The molecule has 0 fully saturated rings. The predicted molar refractivity (Wildman–Crippen MR) is 65.8 cm³/mol. The van der Waals surface area contributed by atoms with E-state index in [2.05, 4.69) is 11.6 Å². The van der Waals surface area contributed by atoms with Crippen molar-refractivity contribution >= 4 is 30.4 Å². The number of amides is 2. The van der Waals surface area contributed by atoms with Crippen molar-refractivity contribution in [2.75, 3.05) is 5.75 Å². The zero-order valence-corrected chi connectivity index (χ0v) is 10.4. The summed E-state index contributed by atoms with van der Waals surface area (Å²) in [6.45, 7) is 2.21. The second kappa shape index (κ2) is 12.9. The van der Waals surface area contributed by atoms with E-state index in [4.69, 9.17) is 5.73 Å². The van der Waals surface area contributed by atoms with Crippen molar-refractivity contribution in [3.63, 3.8) is 0 Å². The van der Waals surface area contributed by atoms with Crippen LogP contribution in [0.1, 0.15) is 45.4 Å². The van der Waals surface area contributed by atoms with Crippen molar-refractivity contribution in [1.29, 1.82) is 0 Å². The maximum absolute atomic E-state index is 10.3. The van der Waals surface area contributed by atoms with Gasteiger partial charge in [-0.3, -0.25) is 4.72 Å². The molecule has 0 spiro atoms. The van der Waals surface area contributed by atoms with Gasteiger partial charge >= 0.3 is 6.03 Å². The summed E-state index contributed by atoms with van der Waals surface area (Å²) in [4.78, 5) is 10.3. The van der Waals surface area contributed by atoms with Gasteiger partial charge in [0.15, 0.2) is 0 Å². The maximum atomic E-state index is 10.3. The van der Waals surface area contributed by atoms with Gasteiger partial charge in [-0.1, -0.05) is 39.0 Å². The molecule has 0 aromatic heterocycles. The first kappa shape index (κ1) is 16.3. The second-order valence-corrected chi connectivity index (χ2v) is 3.98. The van der Waals surface area contributed by atoms with Gasteiger partial charge in [0.25, 0.3) is 0 Å². The maximum Gasteiger partial charge on any atom is 0.322 e. The largest absolute Gasteiger partial charge is 0.351 e. The highest BCUT2D eigenvalue weighted by Crippen LogP contribution is 2.07. The first-order valence-electron chi connectivity index (χ1n) is 4.94. The van der Waals surface area contributed by atoms with Crippen LogP contribution in [-0.4, -0.2) is 11.8 Å². The van der Waals surface area contributed by atoms with Gasteiger partial charge in [0.2, 0.25) is 0 Å². The van der Waals surface area contributed by atoms with Crippen LogP contribution < -0.4 is 10.5 Å². The van der Waals surface area contributed by atoms with Gasteiger partial charge < -0.3 is 5.73 Å². The monoisotopic (exact) mass is 240 g/mol. The zero-order valence-electron chi connectivity index (χ0n) is 8.75. The standard InChI is InChI=1S/C9H20N2OS.ClH/c1-2-3-4-5-6-7-8-13-11-9(10)12;/h2-8H2,1H3,(H3,10,11,12);1H. The number of unbranched alkanes of at least 4 members (excludes halogenated alkanes) is 5. The van der Waals surface area contributed by atoms with Crippen LogP contribution in [0.25, 0.3) is 0 Å². The van der Waals surface area contributed by atoms with Gasteiger partial charge in [0.1, 0.15) is 0 Å². The third-order valence-electron chi connectivity index (χ3n) is 1.77. The molecule has 5 heteroatoms. The number of halogens is 1. The number of nitrogens with one attached hydrogen (secondary N) is 1. The number of rotatable bonds is 8. The van der Waals surface area contributed by atoms with Crippen LogP contribution in [-0.2, 0) is 0 Å². The molecule has 0 unspecified atom stereocenters. The van der Waals surface area contributed by atoms with Crippen molar-refractivity contribution in [2.24, 2.45) is 5.73 Å². The molecule has 86 valence electrons. The van der Waals surface area contributed by atoms with Gasteiger partial charge in [-0.2, -0.15) is 0 Å². The Balaban J connectivity index is 0. The number of carbonyl (C=O) groups is 1. The van der Waals surface area contributed by atoms with Gasteiger partial charge in [-0.15, -0.1) is 12.4 Å². The molecule has 0 saturated carbocycles. The third-order valence-corrected chi connectivity index (χ3v) is 2.61. The summed E-state index contributed by atoms with van der Waals surface area (Å²) in [6, 6.07) is -0.448. The summed E-state index contributed by atoms with van der Waals surface area (Å²) < 4.78 is 2.50. The summed E-state index contributed by atoms with van der Waals surface area (Å²) in [7, 11) is 0. The van der Waals surface area contributed by atoms with Crippen LogP contribution in [0, 0.1) is 0 Å². The van der Waals surface area contributed by atoms with Crippen LogP contribution in [0.4, 0.5) is 4.79 Å². The topological polar surface area (TPSA) is 55.1 Å². The molecule has 14 heavy (non-hydrogen) atoms. The lowest BCUT2D eigenvalue weighted by Gasteiger charge is -2.00. The van der Waals surface area contributed by atoms with E-state index < -0.39 is 6.03 Å². The molecule has 0 aliphatic carbocycles. The van der Waals surface area contributed by atoms with Gasteiger partial charge in [0.05, 0.1) is 0 Å². The van der Waals surface area contributed by atoms with Crippen molar-refractivity contribution in [2.45, 2.75) is 45.4 Å². The Bertz CT molecular complexity index is 136. The second-order valence-electron chi connectivity index (χ2n) is 3.08. The summed E-state index contributed by atoms with van der Waals surface area (Å²) in [5.74, 6) is 0.967. The Morgan fingerprint density at radius 3 is 2.36 bits per heavy atom. The molecule has 0 aromatic carbocycles. The molecule has 0 aliphatic rings. The molecule has 0 radical (unpaired) electrons. The first-order chi connectivity index (χ1) is 6.27. The van der Waals surface area contributed by atoms with E-state index in [0.29, 0.717) is 0 Å². The molecule has 0 aliphatic heterocycles. The molecule has 3 N–H and O–H groups in total. The fourth-order valence-electron chi connectivity index (χ4n) is 1.08. The first-order valence-corrected chi connectivity index (χ1v) is 5.93. The van der Waals surface area contributed by atoms with Crippen molar-refractivity contribution < 1.29 is 4.79 Å². The predicted octanol–water partition coefficient (Wildman–Crippen LogP) is 3.09. The Morgan fingerprint density at radius 2 is 1.79 bits per heavy atom. The molecule has 0 saturated heterocycles. The highest BCUT2D eigenvalue weighted by Gasteiger charge is 1.92. The van der Waals surface area contributed by atoms with E-state index in [1.807, 2.05) is 0 Å². The Labute approximate surface area is 97.1 Å². The molecule has 0 rings (SSSR count). The number of nitrogens with two attached hydrogens (primary N) is 1. The molecule has 0 bridgehead atoms. The smallest absolute Gasteiger partial charge is 0.322 e. The molecule has 2 amide bonds.